The minimum Gasteiger partial charge on any atom is -0.489 e. The fourth-order valence-corrected chi connectivity index (χ4v) is 2.16. The molecule has 0 radical (unpaired) electrons. The molecule has 1 heterocycles. The van der Waals surface area contributed by atoms with E-state index in [1.165, 1.54) is 12.1 Å². The first kappa shape index (κ1) is 12.9. The molecule has 0 saturated heterocycles. The summed E-state index contributed by atoms with van der Waals surface area (Å²) < 4.78 is 23.8. The Balaban J connectivity index is 1.72. The van der Waals surface area contributed by atoms with Crippen molar-refractivity contribution in [3.63, 3.8) is 0 Å². The zero-order chi connectivity index (χ0) is 14.1. The van der Waals surface area contributed by atoms with Crippen molar-refractivity contribution in [1.82, 2.24) is 0 Å². The highest BCUT2D eigenvalue weighted by Crippen LogP contribution is 2.30. The normalized spacial score (nSPS) is 13.0. The van der Waals surface area contributed by atoms with Crippen molar-refractivity contribution in [1.29, 1.82) is 0 Å². The lowest BCUT2D eigenvalue weighted by Gasteiger charge is -2.08. The van der Waals surface area contributed by atoms with Crippen LogP contribution in [0.2, 0.25) is 5.02 Å². The predicted octanol–water partition coefficient (Wildman–Crippen LogP) is 3.63. The number of rotatable bonds is 3. The first-order valence-corrected chi connectivity index (χ1v) is 6.38. The summed E-state index contributed by atoms with van der Waals surface area (Å²) in [5.74, 6) is 0.625. The predicted molar refractivity (Wildman–Crippen MR) is 72.0 cm³/mol. The molecule has 1 aliphatic rings. The van der Waals surface area contributed by atoms with E-state index in [4.69, 9.17) is 21.1 Å². The first-order chi connectivity index (χ1) is 9.63. The third-order valence-electron chi connectivity index (χ3n) is 3.00. The molecular formula is C15H10ClFO3. The quantitative estimate of drug-likeness (QED) is 0.866. The highest BCUT2D eigenvalue weighted by Gasteiger charge is 2.21. The van der Waals surface area contributed by atoms with Crippen molar-refractivity contribution in [3.05, 3.63) is 58.4 Å². The van der Waals surface area contributed by atoms with Gasteiger partial charge in [-0.3, -0.25) is 4.79 Å². The molecule has 1 aliphatic heterocycles. The third kappa shape index (κ3) is 2.47. The van der Waals surface area contributed by atoms with Crippen LogP contribution < -0.4 is 9.47 Å². The van der Waals surface area contributed by atoms with Crippen molar-refractivity contribution < 1.29 is 18.7 Å². The number of carbonyl (C=O) groups excluding carboxylic acids is 1. The van der Waals surface area contributed by atoms with Gasteiger partial charge in [0.2, 0.25) is 5.78 Å². The lowest BCUT2D eigenvalue weighted by Crippen LogP contribution is -1.98. The molecule has 0 spiro atoms. The van der Waals surface area contributed by atoms with Crippen LogP contribution in [0.5, 0.6) is 11.5 Å². The Hall–Kier alpha value is -2.07. The monoisotopic (exact) mass is 292 g/mol. The maximum absolute atomic E-state index is 13.0. The van der Waals surface area contributed by atoms with E-state index >= 15 is 0 Å². The van der Waals surface area contributed by atoms with Crippen LogP contribution >= 0.6 is 11.6 Å². The molecule has 102 valence electrons. The van der Waals surface area contributed by atoms with Crippen LogP contribution in [0.3, 0.4) is 0 Å². The van der Waals surface area contributed by atoms with E-state index in [1.807, 2.05) is 0 Å². The van der Waals surface area contributed by atoms with Gasteiger partial charge in [0, 0.05) is 6.07 Å². The smallest absolute Gasteiger partial charge is 0.203 e. The van der Waals surface area contributed by atoms with Crippen LogP contribution in [0, 0.1) is 5.82 Å². The van der Waals surface area contributed by atoms with Gasteiger partial charge in [-0.05, 0) is 29.8 Å². The number of ketones is 1. The molecule has 0 N–H and O–H groups in total. The molecule has 20 heavy (non-hydrogen) atoms. The van der Waals surface area contributed by atoms with Crippen molar-refractivity contribution in [2.24, 2.45) is 0 Å². The topological polar surface area (TPSA) is 35.5 Å². The van der Waals surface area contributed by atoms with E-state index < -0.39 is 5.82 Å². The summed E-state index contributed by atoms with van der Waals surface area (Å²) in [5, 5.41) is 0.0639. The molecule has 2 aromatic rings. The third-order valence-corrected chi connectivity index (χ3v) is 3.29. The Labute approximate surface area is 119 Å². The Morgan fingerprint density at radius 2 is 2.10 bits per heavy atom. The number of hydrogen-bond acceptors (Lipinski definition) is 3. The van der Waals surface area contributed by atoms with E-state index in [0.29, 0.717) is 17.1 Å². The van der Waals surface area contributed by atoms with Crippen LogP contribution in [0.1, 0.15) is 15.9 Å². The van der Waals surface area contributed by atoms with E-state index in [9.17, 15) is 9.18 Å². The number of Topliss-reactive ketones (excluding diaryl/α,β-unsaturated/α-hetero) is 1. The highest BCUT2D eigenvalue weighted by atomic mass is 35.5. The van der Waals surface area contributed by atoms with Gasteiger partial charge in [-0.25, -0.2) is 4.39 Å². The van der Waals surface area contributed by atoms with E-state index in [1.54, 1.807) is 24.3 Å². The zero-order valence-electron chi connectivity index (χ0n) is 10.4. The average Bonchev–Trinajstić information content (AvgIpc) is 2.81. The van der Waals surface area contributed by atoms with E-state index in [-0.39, 0.29) is 24.0 Å². The molecule has 0 aliphatic carbocycles. The number of halogens is 2. The second-order valence-electron chi connectivity index (χ2n) is 4.41. The van der Waals surface area contributed by atoms with Crippen LogP contribution in [-0.4, -0.2) is 12.4 Å². The summed E-state index contributed by atoms with van der Waals surface area (Å²) in [6, 6.07) is 9.48. The molecule has 0 bridgehead atoms. The van der Waals surface area contributed by atoms with Gasteiger partial charge in [0.05, 0.1) is 10.6 Å². The maximum atomic E-state index is 13.0. The molecular weight excluding hydrogens is 283 g/mol. The fraction of sp³-hybridized carbons (Fsp3) is 0.133. The van der Waals surface area contributed by atoms with Gasteiger partial charge in [-0.15, -0.1) is 0 Å². The summed E-state index contributed by atoms with van der Waals surface area (Å²) in [5.41, 5.74) is 1.33. The lowest BCUT2D eigenvalue weighted by molar-refractivity contribution is 0.0961. The SMILES string of the molecule is O=C1COc2cc(OCc3ccc(F)c(Cl)c3)ccc21. The van der Waals surface area contributed by atoms with E-state index in [2.05, 4.69) is 0 Å². The van der Waals surface area contributed by atoms with Crippen molar-refractivity contribution in [3.8, 4) is 11.5 Å². The molecule has 0 atom stereocenters. The molecule has 0 saturated carbocycles. The molecule has 3 rings (SSSR count). The summed E-state index contributed by atoms with van der Waals surface area (Å²) in [6.07, 6.45) is 0. The Morgan fingerprint density at radius 1 is 1.25 bits per heavy atom. The van der Waals surface area contributed by atoms with Gasteiger partial charge in [0.25, 0.3) is 0 Å². The minimum absolute atomic E-state index is 0.0307. The molecule has 0 unspecified atom stereocenters. The van der Waals surface area contributed by atoms with Gasteiger partial charge >= 0.3 is 0 Å². The van der Waals surface area contributed by atoms with Gasteiger partial charge < -0.3 is 9.47 Å². The summed E-state index contributed by atoms with van der Waals surface area (Å²) in [4.78, 5) is 11.4. The number of fused-ring (bicyclic) bond motifs is 1. The fourth-order valence-electron chi connectivity index (χ4n) is 1.96. The molecule has 2 aromatic carbocycles. The van der Waals surface area contributed by atoms with Crippen molar-refractivity contribution in [2.45, 2.75) is 6.61 Å². The maximum Gasteiger partial charge on any atom is 0.203 e. The largest absolute Gasteiger partial charge is 0.489 e. The number of carbonyl (C=O) groups is 1. The average molecular weight is 293 g/mol. The van der Waals surface area contributed by atoms with Gasteiger partial charge in [-0.1, -0.05) is 17.7 Å². The summed E-state index contributed by atoms with van der Waals surface area (Å²) in [6.45, 7) is 0.332. The Morgan fingerprint density at radius 3 is 2.90 bits per heavy atom. The number of hydrogen-bond donors (Lipinski definition) is 0. The van der Waals surface area contributed by atoms with Crippen molar-refractivity contribution in [2.75, 3.05) is 6.61 Å². The van der Waals surface area contributed by atoms with Crippen LogP contribution in [0.25, 0.3) is 0 Å². The van der Waals surface area contributed by atoms with E-state index in [0.717, 1.165) is 5.56 Å². The number of benzene rings is 2. The highest BCUT2D eigenvalue weighted by molar-refractivity contribution is 6.30. The van der Waals surface area contributed by atoms with Gasteiger partial charge in [0.15, 0.2) is 6.61 Å². The van der Waals surface area contributed by atoms with Crippen LogP contribution in [0.15, 0.2) is 36.4 Å². The second-order valence-corrected chi connectivity index (χ2v) is 4.81. The van der Waals surface area contributed by atoms with Crippen molar-refractivity contribution >= 4 is 17.4 Å². The molecule has 0 aromatic heterocycles. The summed E-state index contributed by atoms with van der Waals surface area (Å²) in [7, 11) is 0. The standard InChI is InChI=1S/C15H10ClFO3/c16-12-5-9(1-4-13(12)17)7-19-10-2-3-11-14(18)8-20-15(11)6-10/h1-6H,7-8H2. The van der Waals surface area contributed by atoms with Gasteiger partial charge in [0.1, 0.15) is 23.9 Å². The Kier molecular flexibility index (Phi) is 3.32. The van der Waals surface area contributed by atoms with Crippen LogP contribution in [0.4, 0.5) is 4.39 Å². The Bertz CT molecular complexity index is 685. The molecule has 0 fully saturated rings. The minimum atomic E-state index is -0.458. The lowest BCUT2D eigenvalue weighted by atomic mass is 10.1. The molecule has 0 amide bonds. The first-order valence-electron chi connectivity index (χ1n) is 6.00. The molecule has 3 nitrogen and oxygen atoms in total. The van der Waals surface area contributed by atoms with Crippen LogP contribution in [-0.2, 0) is 6.61 Å². The molecule has 5 heteroatoms. The summed E-state index contributed by atoms with van der Waals surface area (Å²) >= 11 is 5.70. The zero-order valence-corrected chi connectivity index (χ0v) is 11.1. The van der Waals surface area contributed by atoms with Gasteiger partial charge in [-0.2, -0.15) is 0 Å². The number of ether oxygens (including phenoxy) is 2. The second kappa shape index (κ2) is 5.13.